The van der Waals surface area contributed by atoms with Gasteiger partial charge in [0.05, 0.1) is 0 Å². The van der Waals surface area contributed by atoms with E-state index in [4.69, 9.17) is 0 Å². The maximum atomic E-state index is 3.88. The van der Waals surface area contributed by atoms with Crippen LogP contribution < -0.4 is 0 Å². The molecule has 1 heteroatoms. The molecule has 0 radical (unpaired) electrons. The van der Waals surface area contributed by atoms with Gasteiger partial charge in [-0.1, -0.05) is 12.5 Å². The van der Waals surface area contributed by atoms with E-state index in [1.165, 1.54) is 25.8 Å². The highest BCUT2D eigenvalue weighted by Crippen LogP contribution is 2.32. The van der Waals surface area contributed by atoms with Gasteiger partial charge in [-0.15, -0.1) is 6.58 Å². The quantitative estimate of drug-likeness (QED) is 0.562. The number of hydrogen-bond donors (Lipinski definition) is 0. The molecule has 0 saturated heterocycles. The SMILES string of the molecule is C=CC1CCCC1CN(C)C. The van der Waals surface area contributed by atoms with Gasteiger partial charge in [0.25, 0.3) is 0 Å². The van der Waals surface area contributed by atoms with Gasteiger partial charge >= 0.3 is 0 Å². The molecule has 1 fully saturated rings. The van der Waals surface area contributed by atoms with Crippen molar-refractivity contribution >= 4 is 0 Å². The van der Waals surface area contributed by atoms with E-state index in [9.17, 15) is 0 Å². The van der Waals surface area contributed by atoms with Crippen LogP contribution in [0.25, 0.3) is 0 Å². The molecule has 0 N–H and O–H groups in total. The number of allylic oxidation sites excluding steroid dienone is 1. The molecule has 1 rings (SSSR count). The van der Waals surface area contributed by atoms with Gasteiger partial charge in [-0.3, -0.25) is 0 Å². The molecule has 0 aliphatic heterocycles. The molecule has 64 valence electrons. The highest BCUT2D eigenvalue weighted by molar-refractivity contribution is 4.89. The summed E-state index contributed by atoms with van der Waals surface area (Å²) in [5.41, 5.74) is 0. The number of rotatable bonds is 3. The van der Waals surface area contributed by atoms with Crippen LogP contribution in [-0.2, 0) is 0 Å². The normalized spacial score (nSPS) is 31.2. The first-order valence-electron chi connectivity index (χ1n) is 4.51. The van der Waals surface area contributed by atoms with Gasteiger partial charge in [0.15, 0.2) is 0 Å². The number of hydrogen-bond acceptors (Lipinski definition) is 1. The molecule has 1 saturated carbocycles. The van der Waals surface area contributed by atoms with E-state index in [0.717, 1.165) is 11.8 Å². The Morgan fingerprint density at radius 3 is 2.73 bits per heavy atom. The predicted octanol–water partition coefficient (Wildman–Crippen LogP) is 2.15. The average molecular weight is 153 g/mol. The lowest BCUT2D eigenvalue weighted by Gasteiger charge is -2.20. The highest BCUT2D eigenvalue weighted by Gasteiger charge is 2.24. The van der Waals surface area contributed by atoms with E-state index >= 15 is 0 Å². The van der Waals surface area contributed by atoms with E-state index in [2.05, 4.69) is 31.7 Å². The summed E-state index contributed by atoms with van der Waals surface area (Å²) in [6.45, 7) is 5.11. The lowest BCUT2D eigenvalue weighted by Crippen LogP contribution is -2.23. The zero-order chi connectivity index (χ0) is 8.27. The Bertz CT molecular complexity index is 129. The molecule has 0 aromatic heterocycles. The molecule has 2 unspecified atom stereocenters. The third-order valence-electron chi connectivity index (χ3n) is 2.62. The summed E-state index contributed by atoms with van der Waals surface area (Å²) in [7, 11) is 4.30. The minimum Gasteiger partial charge on any atom is -0.309 e. The summed E-state index contributed by atoms with van der Waals surface area (Å²) in [5, 5.41) is 0. The van der Waals surface area contributed by atoms with E-state index in [1.807, 2.05) is 0 Å². The van der Waals surface area contributed by atoms with Crippen molar-refractivity contribution in [1.82, 2.24) is 4.90 Å². The fourth-order valence-electron chi connectivity index (χ4n) is 2.07. The third kappa shape index (κ3) is 2.33. The van der Waals surface area contributed by atoms with Crippen molar-refractivity contribution in [3.05, 3.63) is 12.7 Å². The van der Waals surface area contributed by atoms with Gasteiger partial charge in [0.1, 0.15) is 0 Å². The van der Waals surface area contributed by atoms with Gasteiger partial charge in [0, 0.05) is 6.54 Å². The van der Waals surface area contributed by atoms with Gasteiger partial charge in [-0.05, 0) is 38.8 Å². The van der Waals surface area contributed by atoms with Gasteiger partial charge in [-0.25, -0.2) is 0 Å². The topological polar surface area (TPSA) is 3.24 Å². The van der Waals surface area contributed by atoms with Crippen LogP contribution in [0.1, 0.15) is 19.3 Å². The molecule has 1 nitrogen and oxygen atoms in total. The van der Waals surface area contributed by atoms with Gasteiger partial charge < -0.3 is 4.90 Å². The first-order valence-corrected chi connectivity index (χ1v) is 4.51. The Balaban J connectivity index is 2.37. The Morgan fingerprint density at radius 2 is 2.18 bits per heavy atom. The molecule has 0 amide bonds. The molecule has 0 bridgehead atoms. The minimum absolute atomic E-state index is 0.789. The first kappa shape index (κ1) is 8.79. The second-order valence-electron chi connectivity index (χ2n) is 3.85. The van der Waals surface area contributed by atoms with Crippen LogP contribution in [-0.4, -0.2) is 25.5 Å². The lowest BCUT2D eigenvalue weighted by atomic mass is 9.96. The fourth-order valence-corrected chi connectivity index (χ4v) is 2.07. The van der Waals surface area contributed by atoms with Crippen molar-refractivity contribution in [2.45, 2.75) is 19.3 Å². The molecule has 2 atom stereocenters. The van der Waals surface area contributed by atoms with Crippen molar-refractivity contribution in [2.75, 3.05) is 20.6 Å². The smallest absolute Gasteiger partial charge is 0.000918 e. The van der Waals surface area contributed by atoms with Crippen molar-refractivity contribution in [3.63, 3.8) is 0 Å². The zero-order valence-electron chi connectivity index (χ0n) is 7.71. The second kappa shape index (κ2) is 3.91. The summed E-state index contributed by atoms with van der Waals surface area (Å²) in [5.74, 6) is 1.67. The highest BCUT2D eigenvalue weighted by atomic mass is 15.1. The minimum atomic E-state index is 0.789. The van der Waals surface area contributed by atoms with E-state index in [1.54, 1.807) is 0 Å². The van der Waals surface area contributed by atoms with E-state index < -0.39 is 0 Å². The van der Waals surface area contributed by atoms with Crippen LogP contribution in [0, 0.1) is 11.8 Å². The maximum absolute atomic E-state index is 3.88. The Kier molecular flexibility index (Phi) is 3.13. The molecule has 0 spiro atoms. The third-order valence-corrected chi connectivity index (χ3v) is 2.62. The standard InChI is InChI=1S/C10H19N/c1-4-9-6-5-7-10(9)8-11(2)3/h4,9-10H,1,5-8H2,2-3H3. The molecular formula is C10H19N. The summed E-state index contributed by atoms with van der Waals surface area (Å²) >= 11 is 0. The summed E-state index contributed by atoms with van der Waals surface area (Å²) in [4.78, 5) is 2.28. The largest absolute Gasteiger partial charge is 0.309 e. The maximum Gasteiger partial charge on any atom is 0.000918 e. The first-order chi connectivity index (χ1) is 5.24. The summed E-state index contributed by atoms with van der Waals surface area (Å²) < 4.78 is 0. The molecule has 0 aromatic rings. The average Bonchev–Trinajstić information content (AvgIpc) is 2.34. The van der Waals surface area contributed by atoms with Crippen LogP contribution in [0.4, 0.5) is 0 Å². The van der Waals surface area contributed by atoms with Gasteiger partial charge in [0.2, 0.25) is 0 Å². The number of nitrogens with zero attached hydrogens (tertiary/aromatic N) is 1. The Hall–Kier alpha value is -0.300. The van der Waals surface area contributed by atoms with Gasteiger partial charge in [-0.2, -0.15) is 0 Å². The zero-order valence-corrected chi connectivity index (χ0v) is 7.71. The van der Waals surface area contributed by atoms with Crippen LogP contribution in [0.3, 0.4) is 0 Å². The Labute approximate surface area is 70.1 Å². The van der Waals surface area contributed by atoms with Crippen LogP contribution in [0.2, 0.25) is 0 Å². The summed E-state index contributed by atoms with van der Waals surface area (Å²) in [6.07, 6.45) is 6.30. The predicted molar refractivity (Wildman–Crippen MR) is 49.6 cm³/mol. The van der Waals surface area contributed by atoms with Crippen molar-refractivity contribution in [2.24, 2.45) is 11.8 Å². The Morgan fingerprint density at radius 1 is 1.45 bits per heavy atom. The van der Waals surface area contributed by atoms with Crippen molar-refractivity contribution in [1.29, 1.82) is 0 Å². The van der Waals surface area contributed by atoms with Crippen molar-refractivity contribution in [3.8, 4) is 0 Å². The van der Waals surface area contributed by atoms with Crippen LogP contribution in [0.15, 0.2) is 12.7 Å². The monoisotopic (exact) mass is 153 g/mol. The molecule has 1 aliphatic rings. The molecule has 1 aliphatic carbocycles. The molecule has 0 aromatic carbocycles. The second-order valence-corrected chi connectivity index (χ2v) is 3.85. The van der Waals surface area contributed by atoms with Crippen LogP contribution in [0.5, 0.6) is 0 Å². The molecule has 11 heavy (non-hydrogen) atoms. The fraction of sp³-hybridized carbons (Fsp3) is 0.800. The summed E-state index contributed by atoms with van der Waals surface area (Å²) in [6, 6.07) is 0. The lowest BCUT2D eigenvalue weighted by molar-refractivity contribution is 0.300. The van der Waals surface area contributed by atoms with Crippen molar-refractivity contribution < 1.29 is 0 Å². The van der Waals surface area contributed by atoms with E-state index in [-0.39, 0.29) is 0 Å². The molecule has 0 heterocycles. The van der Waals surface area contributed by atoms with E-state index in [0.29, 0.717) is 0 Å². The molecular weight excluding hydrogens is 134 g/mol. The van der Waals surface area contributed by atoms with Crippen LogP contribution >= 0.6 is 0 Å².